The van der Waals surface area contributed by atoms with Crippen molar-refractivity contribution in [2.45, 2.75) is 38.9 Å². The molecule has 0 bridgehead atoms. The summed E-state index contributed by atoms with van der Waals surface area (Å²) in [6.07, 6.45) is 2.48. The molecule has 158 valence electrons. The van der Waals surface area contributed by atoms with Crippen molar-refractivity contribution in [3.8, 4) is 0 Å². The molecule has 0 amide bonds. The second-order valence-electron chi connectivity index (χ2n) is 7.90. The molecule has 3 aromatic rings. The maximum atomic E-state index is 4.80. The van der Waals surface area contributed by atoms with Crippen molar-refractivity contribution >= 4 is 17.0 Å². The van der Waals surface area contributed by atoms with E-state index in [-0.39, 0.29) is 0 Å². The number of aromatic nitrogens is 2. The highest BCUT2D eigenvalue weighted by atomic mass is 15.2. The van der Waals surface area contributed by atoms with E-state index in [2.05, 4.69) is 70.5 Å². The molecule has 2 N–H and O–H groups in total. The van der Waals surface area contributed by atoms with Gasteiger partial charge in [0.1, 0.15) is 12.4 Å². The van der Waals surface area contributed by atoms with Crippen LogP contribution >= 0.6 is 0 Å². The number of nitrogens with one attached hydrogen (secondary N) is 2. The van der Waals surface area contributed by atoms with Crippen molar-refractivity contribution in [2.75, 3.05) is 19.6 Å². The minimum Gasteiger partial charge on any atom is -0.357 e. The van der Waals surface area contributed by atoms with E-state index in [1.54, 1.807) is 0 Å². The van der Waals surface area contributed by atoms with Gasteiger partial charge in [-0.25, -0.2) is 9.98 Å². The maximum Gasteiger partial charge on any atom is 0.191 e. The first-order valence-electron chi connectivity index (χ1n) is 10.9. The Bertz CT molecular complexity index is 978. The number of hydrogen-bond acceptors (Lipinski definition) is 3. The number of nitrogens with zero attached hydrogens (tertiary/aromatic N) is 4. The van der Waals surface area contributed by atoms with Crippen molar-refractivity contribution in [3.63, 3.8) is 0 Å². The lowest BCUT2D eigenvalue weighted by Crippen LogP contribution is -2.44. The molecule has 0 saturated carbocycles. The van der Waals surface area contributed by atoms with Crippen molar-refractivity contribution in [1.82, 2.24) is 25.1 Å². The van der Waals surface area contributed by atoms with Crippen molar-refractivity contribution in [2.24, 2.45) is 12.0 Å². The zero-order valence-corrected chi connectivity index (χ0v) is 18.0. The summed E-state index contributed by atoms with van der Waals surface area (Å²) in [6, 6.07) is 19.5. The fourth-order valence-corrected chi connectivity index (χ4v) is 4.20. The number of likely N-dealkylation sites (tertiary alicyclic amines) is 1. The number of aryl methyl sites for hydroxylation is 1. The first kappa shape index (κ1) is 20.4. The highest BCUT2D eigenvalue weighted by molar-refractivity contribution is 5.80. The van der Waals surface area contributed by atoms with Crippen LogP contribution < -0.4 is 10.6 Å². The average molecular weight is 405 g/mol. The van der Waals surface area contributed by atoms with E-state index >= 15 is 0 Å². The minimum atomic E-state index is 0.532. The average Bonchev–Trinajstić information content (AvgIpc) is 3.35. The molecule has 1 fully saturated rings. The van der Waals surface area contributed by atoms with E-state index in [4.69, 9.17) is 9.98 Å². The standard InChI is InChI=1S/C24H32N6/c1-3-25-24(27-17-23-28-21-13-7-8-14-22(21)29(23)2)26-16-20-12-9-15-30(20)18-19-10-5-4-6-11-19/h4-8,10-11,13-14,20H,3,9,12,15-18H2,1-2H3,(H2,25,26,27). The van der Waals surface area contributed by atoms with Crippen LogP contribution in [0.4, 0.5) is 0 Å². The number of benzene rings is 2. The summed E-state index contributed by atoms with van der Waals surface area (Å²) in [5, 5.41) is 6.94. The number of guanidine groups is 1. The Hall–Kier alpha value is -2.86. The second kappa shape index (κ2) is 9.76. The van der Waals surface area contributed by atoms with Crippen molar-refractivity contribution < 1.29 is 0 Å². The maximum absolute atomic E-state index is 4.80. The van der Waals surface area contributed by atoms with Crippen LogP contribution in [0.5, 0.6) is 0 Å². The molecule has 2 heterocycles. The predicted molar refractivity (Wildman–Crippen MR) is 123 cm³/mol. The molecule has 1 aliphatic heterocycles. The highest BCUT2D eigenvalue weighted by Gasteiger charge is 2.24. The fourth-order valence-electron chi connectivity index (χ4n) is 4.20. The molecule has 1 aliphatic rings. The normalized spacial score (nSPS) is 17.5. The predicted octanol–water partition coefficient (Wildman–Crippen LogP) is 3.29. The molecule has 0 radical (unpaired) electrons. The number of fused-ring (bicyclic) bond motifs is 1. The molecule has 30 heavy (non-hydrogen) atoms. The smallest absolute Gasteiger partial charge is 0.191 e. The molecule has 4 rings (SSSR count). The third-order valence-electron chi connectivity index (χ3n) is 5.84. The van der Waals surface area contributed by atoms with Gasteiger partial charge in [0.25, 0.3) is 0 Å². The van der Waals surface area contributed by atoms with Gasteiger partial charge in [-0.05, 0) is 44.0 Å². The molecule has 1 atom stereocenters. The van der Waals surface area contributed by atoms with Gasteiger partial charge in [0.2, 0.25) is 0 Å². The van der Waals surface area contributed by atoms with Crippen LogP contribution in [-0.4, -0.2) is 46.1 Å². The first-order valence-corrected chi connectivity index (χ1v) is 10.9. The van der Waals surface area contributed by atoms with E-state index in [9.17, 15) is 0 Å². The molecule has 6 nitrogen and oxygen atoms in total. The molecule has 0 aliphatic carbocycles. The summed E-state index contributed by atoms with van der Waals surface area (Å²) in [4.78, 5) is 12.1. The van der Waals surface area contributed by atoms with Gasteiger partial charge < -0.3 is 15.2 Å². The van der Waals surface area contributed by atoms with Crippen LogP contribution in [0.15, 0.2) is 59.6 Å². The topological polar surface area (TPSA) is 57.5 Å². The Morgan fingerprint density at radius 1 is 1.10 bits per heavy atom. The summed E-state index contributed by atoms with van der Waals surface area (Å²) in [5.74, 6) is 1.83. The van der Waals surface area contributed by atoms with Crippen LogP contribution in [0.25, 0.3) is 11.0 Å². The number of rotatable bonds is 7. The van der Waals surface area contributed by atoms with Gasteiger partial charge in [0.05, 0.1) is 11.0 Å². The third-order valence-corrected chi connectivity index (χ3v) is 5.84. The molecule has 6 heteroatoms. The zero-order valence-electron chi connectivity index (χ0n) is 18.0. The first-order chi connectivity index (χ1) is 14.7. The lowest BCUT2D eigenvalue weighted by atomic mass is 10.2. The Morgan fingerprint density at radius 3 is 2.70 bits per heavy atom. The molecule has 0 spiro atoms. The number of aliphatic imine (C=N–C) groups is 1. The Morgan fingerprint density at radius 2 is 1.90 bits per heavy atom. The van der Waals surface area contributed by atoms with Gasteiger partial charge in [0, 0.05) is 32.7 Å². The summed E-state index contributed by atoms with van der Waals surface area (Å²) < 4.78 is 2.13. The van der Waals surface area contributed by atoms with Gasteiger partial charge in [-0.3, -0.25) is 4.90 Å². The van der Waals surface area contributed by atoms with Gasteiger partial charge >= 0.3 is 0 Å². The molecular weight excluding hydrogens is 372 g/mol. The fraction of sp³-hybridized carbons (Fsp3) is 0.417. The van der Waals surface area contributed by atoms with Crippen LogP contribution in [0, 0.1) is 0 Å². The Labute approximate surface area is 179 Å². The van der Waals surface area contributed by atoms with Gasteiger partial charge in [-0.15, -0.1) is 0 Å². The summed E-state index contributed by atoms with van der Waals surface area (Å²) in [7, 11) is 2.06. The molecule has 2 aromatic carbocycles. The van der Waals surface area contributed by atoms with Crippen LogP contribution in [-0.2, 0) is 20.1 Å². The minimum absolute atomic E-state index is 0.532. The lowest BCUT2D eigenvalue weighted by molar-refractivity contribution is 0.245. The number of imidazole rings is 1. The van der Waals surface area contributed by atoms with Gasteiger partial charge in [0.15, 0.2) is 5.96 Å². The summed E-state index contributed by atoms with van der Waals surface area (Å²) in [5.41, 5.74) is 3.54. The SMILES string of the molecule is CCNC(=NCc1nc2ccccc2n1C)NCC1CCCN1Cc1ccccc1. The monoisotopic (exact) mass is 404 g/mol. The second-order valence-corrected chi connectivity index (χ2v) is 7.90. The van der Waals surface area contributed by atoms with E-state index in [1.165, 1.54) is 18.4 Å². The van der Waals surface area contributed by atoms with E-state index in [0.717, 1.165) is 49.0 Å². The van der Waals surface area contributed by atoms with Crippen LogP contribution in [0.2, 0.25) is 0 Å². The van der Waals surface area contributed by atoms with Crippen LogP contribution in [0.1, 0.15) is 31.2 Å². The number of para-hydroxylation sites is 2. The Kier molecular flexibility index (Phi) is 6.64. The number of hydrogen-bond donors (Lipinski definition) is 2. The lowest BCUT2D eigenvalue weighted by Gasteiger charge is -2.25. The van der Waals surface area contributed by atoms with Crippen molar-refractivity contribution in [1.29, 1.82) is 0 Å². The van der Waals surface area contributed by atoms with E-state index in [1.807, 2.05) is 18.2 Å². The molecule has 1 saturated heterocycles. The van der Waals surface area contributed by atoms with E-state index < -0.39 is 0 Å². The largest absolute Gasteiger partial charge is 0.357 e. The quantitative estimate of drug-likeness (QED) is 0.469. The third kappa shape index (κ3) is 4.82. The summed E-state index contributed by atoms with van der Waals surface area (Å²) in [6.45, 7) is 6.58. The van der Waals surface area contributed by atoms with E-state index in [0.29, 0.717) is 12.6 Å². The zero-order chi connectivity index (χ0) is 20.8. The van der Waals surface area contributed by atoms with Gasteiger partial charge in [-0.2, -0.15) is 0 Å². The highest BCUT2D eigenvalue weighted by Crippen LogP contribution is 2.19. The molecular formula is C24H32N6. The Balaban J connectivity index is 1.38. The van der Waals surface area contributed by atoms with Crippen LogP contribution in [0.3, 0.4) is 0 Å². The molecule has 1 unspecified atom stereocenters. The summed E-state index contributed by atoms with van der Waals surface area (Å²) >= 11 is 0. The van der Waals surface area contributed by atoms with Gasteiger partial charge in [-0.1, -0.05) is 42.5 Å². The molecule has 1 aromatic heterocycles. The van der Waals surface area contributed by atoms with Crippen molar-refractivity contribution in [3.05, 3.63) is 66.0 Å².